The van der Waals surface area contributed by atoms with Gasteiger partial charge in [0.05, 0.1) is 0 Å². The van der Waals surface area contributed by atoms with Crippen molar-refractivity contribution in [1.29, 1.82) is 0 Å². The molecule has 0 nitrogen and oxygen atoms in total. The molecule has 10 aromatic carbocycles. The first-order valence-electron chi connectivity index (χ1n) is 18.5. The molecule has 0 N–H and O–H groups in total. The van der Waals surface area contributed by atoms with Crippen LogP contribution in [0.5, 0.6) is 0 Å². The molecule has 0 amide bonds. The van der Waals surface area contributed by atoms with E-state index in [-0.39, 0.29) is 0 Å². The third kappa shape index (κ3) is 4.42. The minimum absolute atomic E-state index is 1.24. The first-order chi connectivity index (χ1) is 26.8. The molecule has 0 aliphatic rings. The minimum atomic E-state index is 1.24. The van der Waals surface area contributed by atoms with E-state index in [1.165, 1.54) is 117 Å². The van der Waals surface area contributed by atoms with Crippen molar-refractivity contribution in [3.63, 3.8) is 0 Å². The topological polar surface area (TPSA) is 0 Å². The highest BCUT2D eigenvalue weighted by molar-refractivity contribution is 7.26. The summed E-state index contributed by atoms with van der Waals surface area (Å²) in [6.07, 6.45) is 0. The molecule has 2 aromatic heterocycles. The largest absolute Gasteiger partial charge is 0.135 e. The van der Waals surface area contributed by atoms with Gasteiger partial charge in [0.15, 0.2) is 0 Å². The summed E-state index contributed by atoms with van der Waals surface area (Å²) in [7, 11) is 0. The zero-order valence-electron chi connectivity index (χ0n) is 29.1. The summed E-state index contributed by atoms with van der Waals surface area (Å²) in [6.45, 7) is 0. The van der Waals surface area contributed by atoms with Gasteiger partial charge in [-0.15, -0.1) is 22.7 Å². The van der Waals surface area contributed by atoms with Crippen molar-refractivity contribution in [3.05, 3.63) is 182 Å². The molecule has 0 unspecified atom stereocenters. The molecule has 0 fully saturated rings. The second-order valence-electron chi connectivity index (χ2n) is 14.4. The van der Waals surface area contributed by atoms with Gasteiger partial charge in [0, 0.05) is 40.3 Å². The summed E-state index contributed by atoms with van der Waals surface area (Å²) >= 11 is 3.80. The Kier molecular flexibility index (Phi) is 6.48. The summed E-state index contributed by atoms with van der Waals surface area (Å²) in [5.74, 6) is 0. The van der Waals surface area contributed by atoms with E-state index in [1.807, 2.05) is 22.7 Å². The van der Waals surface area contributed by atoms with Crippen LogP contribution < -0.4 is 0 Å². The molecule has 2 heteroatoms. The van der Waals surface area contributed by atoms with Gasteiger partial charge in [-0.2, -0.15) is 0 Å². The normalized spacial score (nSPS) is 12.1. The molecule has 12 aromatic rings. The van der Waals surface area contributed by atoms with Crippen molar-refractivity contribution in [1.82, 2.24) is 0 Å². The van der Waals surface area contributed by atoms with Crippen molar-refractivity contribution in [2.75, 3.05) is 0 Å². The summed E-state index contributed by atoms with van der Waals surface area (Å²) < 4.78 is 5.37. The lowest BCUT2D eigenvalue weighted by Gasteiger charge is -2.18. The molecule has 2 heterocycles. The van der Waals surface area contributed by atoms with Gasteiger partial charge < -0.3 is 0 Å². The standard InChI is InChI=1S/C52H30S2/c1-2-10-31(11-3-1)32-18-19-34-29-35(21-20-33(34)28-32)49-37-12-4-6-14-39(37)50(40-15-7-5-13-38(40)49)36-22-23-44-48(30-36)54-47-27-25-41-42(52(44)47)24-26-46-51(41)43-16-8-9-17-45(43)53-46/h1-30H. The molecule has 0 saturated carbocycles. The zero-order chi connectivity index (χ0) is 35.3. The second-order valence-corrected chi connectivity index (χ2v) is 16.5. The fraction of sp³-hybridized carbons (Fsp3) is 0. The van der Waals surface area contributed by atoms with Crippen molar-refractivity contribution in [2.45, 2.75) is 0 Å². The molecule has 54 heavy (non-hydrogen) atoms. The highest BCUT2D eigenvalue weighted by Gasteiger charge is 2.19. The molecule has 0 saturated heterocycles. The van der Waals surface area contributed by atoms with Crippen LogP contribution in [0.4, 0.5) is 0 Å². The summed E-state index contributed by atoms with van der Waals surface area (Å²) in [5.41, 5.74) is 7.58. The van der Waals surface area contributed by atoms with Crippen LogP contribution in [0.15, 0.2) is 182 Å². The SMILES string of the molecule is c1ccc(-c2ccc3cc(-c4c5ccccc5c(-c5ccc6c(c5)sc5ccc7c(ccc8sc9ccccc9c87)c56)c5ccccc45)ccc3c2)cc1. The van der Waals surface area contributed by atoms with Crippen LogP contribution in [0.2, 0.25) is 0 Å². The molecular formula is C52H30S2. The maximum absolute atomic E-state index is 2.44. The number of thiophene rings is 2. The van der Waals surface area contributed by atoms with E-state index in [0.717, 1.165) is 0 Å². The minimum Gasteiger partial charge on any atom is -0.135 e. The quantitative estimate of drug-likeness (QED) is 0.160. The van der Waals surface area contributed by atoms with Crippen molar-refractivity contribution < 1.29 is 0 Å². The predicted molar refractivity (Wildman–Crippen MR) is 239 cm³/mol. The molecule has 12 rings (SSSR count). The first-order valence-corrected chi connectivity index (χ1v) is 20.1. The Bertz CT molecular complexity index is 3430. The Hall–Kier alpha value is -6.32. The van der Waals surface area contributed by atoms with Crippen LogP contribution in [-0.2, 0) is 0 Å². The van der Waals surface area contributed by atoms with E-state index in [4.69, 9.17) is 0 Å². The van der Waals surface area contributed by atoms with Gasteiger partial charge in [-0.3, -0.25) is 0 Å². The lowest BCUT2D eigenvalue weighted by atomic mass is 9.85. The van der Waals surface area contributed by atoms with E-state index in [1.54, 1.807) is 0 Å². The molecule has 0 spiro atoms. The third-order valence-electron chi connectivity index (χ3n) is 11.4. The van der Waals surface area contributed by atoms with Crippen LogP contribution in [0.25, 0.3) is 117 Å². The van der Waals surface area contributed by atoms with Crippen molar-refractivity contribution in [3.8, 4) is 33.4 Å². The van der Waals surface area contributed by atoms with E-state index in [9.17, 15) is 0 Å². The summed E-state index contributed by atoms with van der Waals surface area (Å²) in [6, 6.07) is 67.8. The average molecular weight is 719 g/mol. The highest BCUT2D eigenvalue weighted by atomic mass is 32.1. The van der Waals surface area contributed by atoms with Crippen LogP contribution in [0.3, 0.4) is 0 Å². The average Bonchev–Trinajstić information content (AvgIpc) is 3.81. The van der Waals surface area contributed by atoms with Crippen LogP contribution in [0, 0.1) is 0 Å². The molecular weight excluding hydrogens is 689 g/mol. The Morgan fingerprint density at radius 1 is 0.241 bits per heavy atom. The Labute approximate surface area is 319 Å². The zero-order valence-corrected chi connectivity index (χ0v) is 30.8. The van der Waals surface area contributed by atoms with Gasteiger partial charge in [0.2, 0.25) is 0 Å². The Morgan fingerprint density at radius 2 is 0.685 bits per heavy atom. The van der Waals surface area contributed by atoms with E-state index in [2.05, 4.69) is 182 Å². The molecule has 0 radical (unpaired) electrons. The smallest absolute Gasteiger partial charge is 0.0361 e. The predicted octanol–water partition coefficient (Wildman–Crippen LogP) is 16.0. The van der Waals surface area contributed by atoms with Crippen molar-refractivity contribution in [2.24, 2.45) is 0 Å². The summed E-state index contributed by atoms with van der Waals surface area (Å²) in [4.78, 5) is 0. The molecule has 0 aliphatic carbocycles. The van der Waals surface area contributed by atoms with Gasteiger partial charge in [0.25, 0.3) is 0 Å². The number of benzene rings is 10. The second kappa shape index (κ2) is 11.6. The molecule has 0 aliphatic heterocycles. The van der Waals surface area contributed by atoms with Crippen LogP contribution in [0.1, 0.15) is 0 Å². The van der Waals surface area contributed by atoms with Gasteiger partial charge in [-0.1, -0.05) is 146 Å². The van der Waals surface area contributed by atoms with Gasteiger partial charge >= 0.3 is 0 Å². The maximum atomic E-state index is 2.44. The number of rotatable bonds is 3. The summed E-state index contributed by atoms with van der Waals surface area (Å²) in [5, 5.41) is 15.7. The Morgan fingerprint density at radius 3 is 1.31 bits per heavy atom. The van der Waals surface area contributed by atoms with E-state index in [0.29, 0.717) is 0 Å². The fourth-order valence-electron chi connectivity index (χ4n) is 9.02. The third-order valence-corrected chi connectivity index (χ3v) is 13.7. The highest BCUT2D eigenvalue weighted by Crippen LogP contribution is 2.48. The number of hydrogen-bond donors (Lipinski definition) is 0. The van der Waals surface area contributed by atoms with E-state index < -0.39 is 0 Å². The number of fused-ring (bicyclic) bond motifs is 12. The first kappa shape index (κ1) is 30.2. The monoisotopic (exact) mass is 718 g/mol. The van der Waals surface area contributed by atoms with Crippen molar-refractivity contribution >= 4 is 106 Å². The lowest BCUT2D eigenvalue weighted by molar-refractivity contribution is 1.64. The van der Waals surface area contributed by atoms with E-state index >= 15 is 0 Å². The van der Waals surface area contributed by atoms with Crippen LogP contribution >= 0.6 is 22.7 Å². The van der Waals surface area contributed by atoms with Crippen LogP contribution in [-0.4, -0.2) is 0 Å². The van der Waals surface area contributed by atoms with Gasteiger partial charge in [-0.25, -0.2) is 0 Å². The Balaban J connectivity index is 1.05. The fourth-order valence-corrected chi connectivity index (χ4v) is 11.3. The van der Waals surface area contributed by atoms with Gasteiger partial charge in [-0.05, 0) is 113 Å². The molecule has 250 valence electrons. The molecule has 0 bridgehead atoms. The maximum Gasteiger partial charge on any atom is 0.0361 e. The lowest BCUT2D eigenvalue weighted by Crippen LogP contribution is -1.91. The van der Waals surface area contributed by atoms with Gasteiger partial charge in [0.1, 0.15) is 0 Å². The molecule has 0 atom stereocenters. The number of hydrogen-bond acceptors (Lipinski definition) is 2.